The molecule has 0 N–H and O–H groups in total. The van der Waals surface area contributed by atoms with Crippen LogP contribution in [-0.4, -0.2) is 47.2 Å². The number of hydrogen-bond donors (Lipinski definition) is 0. The van der Waals surface area contributed by atoms with Crippen LogP contribution in [0.5, 0.6) is 11.5 Å². The topological polar surface area (TPSA) is 94.8 Å². The smallest absolute Gasteiger partial charge is 0.387 e. The molecule has 0 bridgehead atoms. The quantitative estimate of drug-likeness (QED) is 0.505. The molecule has 0 spiro atoms. The molecule has 1 aliphatic rings. The molecule has 1 aliphatic heterocycles. The van der Waals surface area contributed by atoms with E-state index < -0.39 is 6.61 Å². The molecule has 0 unspecified atom stereocenters. The molecule has 2 heterocycles. The van der Waals surface area contributed by atoms with Crippen molar-refractivity contribution in [1.82, 2.24) is 15.1 Å². The van der Waals surface area contributed by atoms with Crippen molar-refractivity contribution in [2.24, 2.45) is 0 Å². The van der Waals surface area contributed by atoms with Gasteiger partial charge in [-0.2, -0.15) is 8.78 Å². The third-order valence-electron chi connectivity index (χ3n) is 4.74. The number of imide groups is 1. The lowest BCUT2D eigenvalue weighted by atomic mass is 10.1. The SMILES string of the molecule is COc1cc(-c2nnc(CCCN3C(=O)c4ccccc4C3=O)o2)ccc1OC(F)F. The maximum absolute atomic E-state index is 12.5. The van der Waals surface area contributed by atoms with Crippen LogP contribution in [0.15, 0.2) is 46.9 Å². The van der Waals surface area contributed by atoms with Gasteiger partial charge < -0.3 is 13.9 Å². The Kier molecular flexibility index (Phi) is 5.61. The van der Waals surface area contributed by atoms with Crippen LogP contribution in [0.3, 0.4) is 0 Å². The summed E-state index contributed by atoms with van der Waals surface area (Å²) in [5.41, 5.74) is 1.28. The van der Waals surface area contributed by atoms with Crippen LogP contribution in [0.1, 0.15) is 33.0 Å². The highest BCUT2D eigenvalue weighted by atomic mass is 19.3. The Morgan fingerprint density at radius 1 is 1.03 bits per heavy atom. The van der Waals surface area contributed by atoms with Gasteiger partial charge in [-0.25, -0.2) is 0 Å². The monoisotopic (exact) mass is 429 g/mol. The first-order chi connectivity index (χ1) is 15.0. The van der Waals surface area contributed by atoms with Gasteiger partial charge in [0.15, 0.2) is 11.5 Å². The average molecular weight is 429 g/mol. The summed E-state index contributed by atoms with van der Waals surface area (Å²) in [5, 5.41) is 7.92. The third-order valence-corrected chi connectivity index (χ3v) is 4.74. The number of benzene rings is 2. The predicted octanol–water partition coefficient (Wildman–Crippen LogP) is 3.58. The molecule has 8 nitrogen and oxygen atoms in total. The summed E-state index contributed by atoms with van der Waals surface area (Å²) in [5.74, 6) is -0.142. The Morgan fingerprint density at radius 3 is 2.39 bits per heavy atom. The van der Waals surface area contributed by atoms with Crippen molar-refractivity contribution in [1.29, 1.82) is 0 Å². The Labute approximate surface area is 175 Å². The van der Waals surface area contributed by atoms with E-state index in [-0.39, 0.29) is 35.7 Å². The van der Waals surface area contributed by atoms with Crippen LogP contribution >= 0.6 is 0 Å². The summed E-state index contributed by atoms with van der Waals surface area (Å²) in [6.07, 6.45) is 0.793. The van der Waals surface area contributed by atoms with Gasteiger partial charge in [0, 0.05) is 18.5 Å². The summed E-state index contributed by atoms with van der Waals surface area (Å²) in [6, 6.07) is 11.0. The minimum atomic E-state index is -2.98. The second-order valence-electron chi connectivity index (χ2n) is 6.66. The van der Waals surface area contributed by atoms with Crippen molar-refractivity contribution in [3.8, 4) is 23.0 Å². The number of aromatic nitrogens is 2. The summed E-state index contributed by atoms with van der Waals surface area (Å²) in [7, 11) is 1.33. The molecular formula is C21H17F2N3O5. The Morgan fingerprint density at radius 2 is 1.74 bits per heavy atom. The fourth-order valence-corrected chi connectivity index (χ4v) is 3.30. The van der Waals surface area contributed by atoms with E-state index in [2.05, 4.69) is 14.9 Å². The lowest BCUT2D eigenvalue weighted by Crippen LogP contribution is -2.30. The number of alkyl halides is 2. The third kappa shape index (κ3) is 4.09. The van der Waals surface area contributed by atoms with E-state index in [1.165, 1.54) is 30.2 Å². The summed E-state index contributed by atoms with van der Waals surface area (Å²) < 4.78 is 40.0. The zero-order valence-electron chi connectivity index (χ0n) is 16.4. The van der Waals surface area contributed by atoms with Gasteiger partial charge in [-0.05, 0) is 36.8 Å². The molecule has 2 amide bonds. The maximum atomic E-state index is 12.5. The standard InChI is InChI=1S/C21H17F2N3O5/c1-29-16-11-12(8-9-15(16)30-21(22)23)18-25-24-17(31-18)7-4-10-26-19(27)13-5-2-3-6-14(13)20(26)28/h2-3,5-6,8-9,11,21H,4,7,10H2,1H3. The van der Waals surface area contributed by atoms with Crippen molar-refractivity contribution in [2.45, 2.75) is 19.5 Å². The first kappa shape index (κ1) is 20.5. The lowest BCUT2D eigenvalue weighted by molar-refractivity contribution is -0.0512. The highest BCUT2D eigenvalue weighted by Gasteiger charge is 2.34. The van der Waals surface area contributed by atoms with Gasteiger partial charge in [0.1, 0.15) is 0 Å². The molecule has 0 saturated heterocycles. The van der Waals surface area contributed by atoms with Gasteiger partial charge in [-0.3, -0.25) is 14.5 Å². The number of fused-ring (bicyclic) bond motifs is 1. The zero-order chi connectivity index (χ0) is 22.0. The summed E-state index contributed by atoms with van der Waals surface area (Å²) >= 11 is 0. The highest BCUT2D eigenvalue weighted by molar-refractivity contribution is 6.21. The number of carbonyl (C=O) groups is 2. The van der Waals surface area contributed by atoms with Gasteiger partial charge in [0.2, 0.25) is 11.8 Å². The molecule has 1 aromatic heterocycles. The van der Waals surface area contributed by atoms with Crippen molar-refractivity contribution >= 4 is 11.8 Å². The first-order valence-corrected chi connectivity index (χ1v) is 9.38. The number of halogens is 2. The van der Waals surface area contributed by atoms with Crippen molar-refractivity contribution < 1.29 is 32.3 Å². The van der Waals surface area contributed by atoms with Gasteiger partial charge >= 0.3 is 6.61 Å². The van der Waals surface area contributed by atoms with E-state index in [4.69, 9.17) is 9.15 Å². The van der Waals surface area contributed by atoms with Crippen LogP contribution in [0.25, 0.3) is 11.5 Å². The molecule has 2 aromatic carbocycles. The van der Waals surface area contributed by atoms with Gasteiger partial charge in [-0.1, -0.05) is 12.1 Å². The average Bonchev–Trinajstić information content (AvgIpc) is 3.33. The van der Waals surface area contributed by atoms with Crippen molar-refractivity contribution in [2.75, 3.05) is 13.7 Å². The van der Waals surface area contributed by atoms with Crippen LogP contribution in [-0.2, 0) is 6.42 Å². The maximum Gasteiger partial charge on any atom is 0.387 e. The predicted molar refractivity (Wildman–Crippen MR) is 103 cm³/mol. The molecule has 0 fully saturated rings. The fourth-order valence-electron chi connectivity index (χ4n) is 3.30. The minimum absolute atomic E-state index is 0.100. The number of amides is 2. The van der Waals surface area contributed by atoms with Gasteiger partial charge in [0.05, 0.1) is 18.2 Å². The molecule has 0 atom stereocenters. The normalized spacial score (nSPS) is 13.1. The van der Waals surface area contributed by atoms with E-state index in [0.717, 1.165) is 0 Å². The molecule has 0 radical (unpaired) electrons. The largest absolute Gasteiger partial charge is 0.493 e. The van der Waals surface area contributed by atoms with E-state index in [9.17, 15) is 18.4 Å². The highest BCUT2D eigenvalue weighted by Crippen LogP contribution is 2.33. The number of hydrogen-bond acceptors (Lipinski definition) is 7. The van der Waals surface area contributed by atoms with Crippen molar-refractivity contribution in [3.63, 3.8) is 0 Å². The van der Waals surface area contributed by atoms with Crippen LogP contribution in [0.4, 0.5) is 8.78 Å². The number of carbonyl (C=O) groups excluding carboxylic acids is 2. The van der Waals surface area contributed by atoms with Crippen molar-refractivity contribution in [3.05, 3.63) is 59.5 Å². The number of methoxy groups -OCH3 is 1. The second kappa shape index (κ2) is 8.50. The van der Waals surface area contributed by atoms with E-state index in [1.807, 2.05) is 0 Å². The first-order valence-electron chi connectivity index (χ1n) is 9.38. The molecule has 31 heavy (non-hydrogen) atoms. The molecular weight excluding hydrogens is 412 g/mol. The van der Waals surface area contributed by atoms with Gasteiger partial charge in [0.25, 0.3) is 11.8 Å². The van der Waals surface area contributed by atoms with E-state index in [1.54, 1.807) is 24.3 Å². The minimum Gasteiger partial charge on any atom is -0.493 e. The van der Waals surface area contributed by atoms with E-state index in [0.29, 0.717) is 35.4 Å². The molecule has 160 valence electrons. The summed E-state index contributed by atoms with van der Waals surface area (Å²) in [6.45, 7) is -2.76. The lowest BCUT2D eigenvalue weighted by Gasteiger charge is -2.12. The van der Waals surface area contributed by atoms with Crippen LogP contribution in [0, 0.1) is 0 Å². The molecule has 0 saturated carbocycles. The molecule has 4 rings (SSSR count). The number of aryl methyl sites for hydroxylation is 1. The molecule has 10 heteroatoms. The zero-order valence-corrected chi connectivity index (χ0v) is 16.4. The number of ether oxygens (including phenoxy) is 2. The van der Waals surface area contributed by atoms with Gasteiger partial charge in [-0.15, -0.1) is 10.2 Å². The number of rotatable bonds is 8. The Balaban J connectivity index is 1.39. The summed E-state index contributed by atoms with van der Waals surface area (Å²) in [4.78, 5) is 26.0. The fraction of sp³-hybridized carbons (Fsp3) is 0.238. The van der Waals surface area contributed by atoms with Crippen LogP contribution < -0.4 is 9.47 Å². The number of nitrogens with zero attached hydrogens (tertiary/aromatic N) is 3. The van der Waals surface area contributed by atoms with Crippen LogP contribution in [0.2, 0.25) is 0 Å². The molecule has 3 aromatic rings. The molecule has 0 aliphatic carbocycles. The second-order valence-corrected chi connectivity index (χ2v) is 6.66. The van der Waals surface area contributed by atoms with E-state index >= 15 is 0 Å². The Hall–Kier alpha value is -3.82. The Bertz CT molecular complexity index is 1100.